The number of aryl methyl sites for hydroxylation is 1. The van der Waals surface area contributed by atoms with Crippen LogP contribution in [0.1, 0.15) is 42.4 Å². The number of benzene rings is 1. The molecule has 27 heavy (non-hydrogen) atoms. The van der Waals surface area contributed by atoms with Crippen molar-refractivity contribution in [2.24, 2.45) is 5.92 Å². The van der Waals surface area contributed by atoms with Crippen LogP contribution in [0, 0.1) is 12.8 Å². The summed E-state index contributed by atoms with van der Waals surface area (Å²) in [7, 11) is 0. The highest BCUT2D eigenvalue weighted by atomic mass is 35.5. The summed E-state index contributed by atoms with van der Waals surface area (Å²) in [6.07, 6.45) is -0.932. The summed E-state index contributed by atoms with van der Waals surface area (Å²) in [4.78, 5) is 24.5. The summed E-state index contributed by atoms with van der Waals surface area (Å²) >= 11 is 12.5. The first-order valence-corrected chi connectivity index (χ1v) is 9.41. The van der Waals surface area contributed by atoms with E-state index in [1.54, 1.807) is 13.0 Å². The Hall–Kier alpha value is -2.05. The molecule has 2 aromatic rings. The molecule has 2 rings (SSSR count). The molecule has 1 aromatic carbocycles. The molecule has 0 fully saturated rings. The number of aromatic nitrogens is 2. The zero-order valence-electron chi connectivity index (χ0n) is 15.8. The van der Waals surface area contributed by atoms with E-state index in [9.17, 15) is 9.59 Å². The topological polar surface area (TPSA) is 73.2 Å². The third-order valence-electron chi connectivity index (χ3n) is 3.89. The largest absolute Gasteiger partial charge is 0.449 e. The Morgan fingerprint density at radius 1 is 1.22 bits per heavy atom. The quantitative estimate of drug-likeness (QED) is 0.701. The predicted molar refractivity (Wildman–Crippen MR) is 105 cm³/mol. The predicted octanol–water partition coefficient (Wildman–Crippen LogP) is 3.86. The molecular formula is C19H23Cl2N3O3. The van der Waals surface area contributed by atoms with Crippen LogP contribution < -0.4 is 5.32 Å². The van der Waals surface area contributed by atoms with Gasteiger partial charge in [-0.2, -0.15) is 5.10 Å². The first-order valence-electron chi connectivity index (χ1n) is 8.65. The highest BCUT2D eigenvalue weighted by Crippen LogP contribution is 2.24. The van der Waals surface area contributed by atoms with E-state index in [4.69, 9.17) is 27.9 Å². The van der Waals surface area contributed by atoms with Gasteiger partial charge in [0.25, 0.3) is 5.91 Å². The summed E-state index contributed by atoms with van der Waals surface area (Å²) < 4.78 is 6.75. The smallest absolute Gasteiger partial charge is 0.343 e. The first kappa shape index (κ1) is 21.3. The third kappa shape index (κ3) is 5.47. The van der Waals surface area contributed by atoms with Crippen LogP contribution in [0.25, 0.3) is 0 Å². The molecule has 0 aliphatic carbocycles. The third-order valence-corrected chi connectivity index (χ3v) is 4.64. The summed E-state index contributed by atoms with van der Waals surface area (Å²) in [5.74, 6) is -0.735. The Balaban J connectivity index is 2.12. The molecule has 1 heterocycles. The van der Waals surface area contributed by atoms with Crippen LogP contribution in [0.2, 0.25) is 10.2 Å². The van der Waals surface area contributed by atoms with Gasteiger partial charge in [0.1, 0.15) is 10.7 Å². The van der Waals surface area contributed by atoms with Gasteiger partial charge < -0.3 is 10.1 Å². The van der Waals surface area contributed by atoms with E-state index in [-0.39, 0.29) is 16.6 Å². The van der Waals surface area contributed by atoms with Gasteiger partial charge in [-0.1, -0.05) is 55.2 Å². The molecule has 0 radical (unpaired) electrons. The van der Waals surface area contributed by atoms with Gasteiger partial charge in [0.15, 0.2) is 6.10 Å². The molecule has 1 unspecified atom stereocenters. The molecule has 8 heteroatoms. The van der Waals surface area contributed by atoms with E-state index in [1.807, 2.05) is 32.0 Å². The summed E-state index contributed by atoms with van der Waals surface area (Å²) in [6.45, 7) is 7.97. The molecular weight excluding hydrogens is 389 g/mol. The zero-order chi connectivity index (χ0) is 20.1. The fourth-order valence-corrected chi connectivity index (χ4v) is 2.91. The van der Waals surface area contributed by atoms with Crippen molar-refractivity contribution in [1.29, 1.82) is 0 Å². The first-order chi connectivity index (χ1) is 12.7. The molecule has 146 valence electrons. The maximum atomic E-state index is 12.5. The van der Waals surface area contributed by atoms with E-state index in [1.165, 1.54) is 11.6 Å². The number of carbonyl (C=O) groups is 2. The number of rotatable bonds is 7. The average molecular weight is 412 g/mol. The summed E-state index contributed by atoms with van der Waals surface area (Å²) in [6, 6.07) is 7.32. The Morgan fingerprint density at radius 3 is 2.52 bits per heavy atom. The molecule has 0 spiro atoms. The van der Waals surface area contributed by atoms with E-state index >= 15 is 0 Å². The molecule has 0 saturated carbocycles. The van der Waals surface area contributed by atoms with Crippen LogP contribution in [-0.2, 0) is 16.1 Å². The van der Waals surface area contributed by atoms with Gasteiger partial charge in [-0.05, 0) is 31.4 Å². The minimum Gasteiger partial charge on any atom is -0.449 e. The normalized spacial score (nSPS) is 12.1. The van der Waals surface area contributed by atoms with Crippen molar-refractivity contribution in [3.8, 4) is 0 Å². The van der Waals surface area contributed by atoms with Gasteiger partial charge in [-0.3, -0.25) is 4.79 Å². The molecule has 0 bridgehead atoms. The van der Waals surface area contributed by atoms with Crippen LogP contribution in [0.3, 0.4) is 0 Å². The second kappa shape index (κ2) is 9.24. The molecule has 1 amide bonds. The number of amides is 1. The summed E-state index contributed by atoms with van der Waals surface area (Å²) in [5, 5.41) is 7.76. The highest BCUT2D eigenvalue weighted by Gasteiger charge is 2.26. The maximum absolute atomic E-state index is 12.5. The van der Waals surface area contributed by atoms with E-state index in [0.29, 0.717) is 29.7 Å². The molecule has 0 saturated heterocycles. The fraction of sp³-hybridized carbons (Fsp3) is 0.421. The van der Waals surface area contributed by atoms with Crippen molar-refractivity contribution in [3.63, 3.8) is 0 Å². The van der Waals surface area contributed by atoms with Gasteiger partial charge in [-0.15, -0.1) is 0 Å². The number of hydrogen-bond acceptors (Lipinski definition) is 4. The van der Waals surface area contributed by atoms with Crippen LogP contribution in [-0.4, -0.2) is 34.3 Å². The lowest BCUT2D eigenvalue weighted by Gasteiger charge is -2.14. The van der Waals surface area contributed by atoms with Crippen molar-refractivity contribution < 1.29 is 14.3 Å². The number of carbonyl (C=O) groups excluding carboxylic acids is 2. The molecule has 6 nitrogen and oxygen atoms in total. The van der Waals surface area contributed by atoms with Crippen molar-refractivity contribution in [1.82, 2.24) is 15.1 Å². The fourth-order valence-electron chi connectivity index (χ4n) is 2.40. The second-order valence-corrected chi connectivity index (χ2v) is 7.45. The maximum Gasteiger partial charge on any atom is 0.343 e. The Labute approximate surface area is 168 Å². The van der Waals surface area contributed by atoms with Crippen LogP contribution in [0.4, 0.5) is 0 Å². The minimum atomic E-state index is -0.932. The van der Waals surface area contributed by atoms with Gasteiger partial charge in [0, 0.05) is 11.6 Å². The average Bonchev–Trinajstić information content (AvgIpc) is 2.88. The molecule has 0 aliphatic rings. The molecule has 1 aromatic heterocycles. The highest BCUT2D eigenvalue weighted by molar-refractivity contribution is 6.33. The van der Waals surface area contributed by atoms with Crippen molar-refractivity contribution in [3.05, 3.63) is 51.3 Å². The summed E-state index contributed by atoms with van der Waals surface area (Å²) in [5.41, 5.74) is 1.39. The van der Waals surface area contributed by atoms with E-state index < -0.39 is 12.1 Å². The number of hydrogen-bond donors (Lipinski definition) is 1. The lowest BCUT2D eigenvalue weighted by molar-refractivity contribution is -0.129. The van der Waals surface area contributed by atoms with E-state index in [0.717, 1.165) is 5.56 Å². The van der Waals surface area contributed by atoms with Gasteiger partial charge >= 0.3 is 5.97 Å². The molecule has 1 N–H and O–H groups in total. The SMILES string of the molecule is Cc1nn(Cc2ccccc2Cl)c(Cl)c1C(=O)OC(C)C(=O)NCC(C)C. The Bertz CT molecular complexity index is 834. The van der Waals surface area contributed by atoms with E-state index in [2.05, 4.69) is 10.4 Å². The van der Waals surface area contributed by atoms with Crippen molar-refractivity contribution in [2.45, 2.75) is 40.3 Å². The molecule has 1 atom stereocenters. The van der Waals surface area contributed by atoms with Crippen LogP contribution in [0.15, 0.2) is 24.3 Å². The Kier molecular flexibility index (Phi) is 7.27. The van der Waals surface area contributed by atoms with Gasteiger partial charge in [0.05, 0.1) is 12.2 Å². The zero-order valence-corrected chi connectivity index (χ0v) is 17.3. The second-order valence-electron chi connectivity index (χ2n) is 6.69. The minimum absolute atomic E-state index is 0.146. The van der Waals surface area contributed by atoms with Gasteiger partial charge in [-0.25, -0.2) is 9.48 Å². The number of nitrogens with one attached hydrogen (secondary N) is 1. The van der Waals surface area contributed by atoms with Crippen molar-refractivity contribution in [2.75, 3.05) is 6.54 Å². The Morgan fingerprint density at radius 2 is 1.89 bits per heavy atom. The van der Waals surface area contributed by atoms with Crippen molar-refractivity contribution >= 4 is 35.1 Å². The van der Waals surface area contributed by atoms with Crippen LogP contribution >= 0.6 is 23.2 Å². The lowest BCUT2D eigenvalue weighted by atomic mass is 10.2. The van der Waals surface area contributed by atoms with Gasteiger partial charge in [0.2, 0.25) is 0 Å². The number of halogens is 2. The lowest BCUT2D eigenvalue weighted by Crippen LogP contribution is -2.37. The number of nitrogens with zero attached hydrogens (tertiary/aromatic N) is 2. The number of esters is 1. The van der Waals surface area contributed by atoms with Crippen LogP contribution in [0.5, 0.6) is 0 Å². The molecule has 0 aliphatic heterocycles. The monoisotopic (exact) mass is 411 g/mol. The number of ether oxygens (including phenoxy) is 1. The standard InChI is InChI=1S/C19H23Cl2N3O3/c1-11(2)9-22-18(25)13(4)27-19(26)16-12(3)23-24(17(16)21)10-14-7-5-6-8-15(14)20/h5-8,11,13H,9-10H2,1-4H3,(H,22,25).